The van der Waals surface area contributed by atoms with Crippen LogP contribution in [0.3, 0.4) is 0 Å². The van der Waals surface area contributed by atoms with E-state index in [1.807, 2.05) is 34.7 Å². The molecule has 0 bridgehead atoms. The number of nitrogens with one attached hydrogen (secondary N) is 1. The van der Waals surface area contributed by atoms with Crippen molar-refractivity contribution in [3.05, 3.63) is 54.1 Å². The minimum Gasteiger partial charge on any atom is -0.506 e. The molecule has 0 atom stereocenters. The van der Waals surface area contributed by atoms with Gasteiger partial charge in [0.2, 0.25) is 5.82 Å². The van der Waals surface area contributed by atoms with Crippen LogP contribution in [0.1, 0.15) is 5.56 Å². The molecule has 0 spiro atoms. The molecule has 0 fully saturated rings. The van der Waals surface area contributed by atoms with Crippen LogP contribution in [0.15, 0.2) is 41.5 Å². The van der Waals surface area contributed by atoms with E-state index in [4.69, 9.17) is 11.6 Å². The molecule has 0 aliphatic heterocycles. The minimum atomic E-state index is -0.436. The van der Waals surface area contributed by atoms with Crippen LogP contribution in [0.5, 0.6) is 5.75 Å². The summed E-state index contributed by atoms with van der Waals surface area (Å²) in [6.07, 6.45) is 1.38. The number of amides is 1. The number of tetrazole rings is 1. The SMILES string of the molecule is O=C(Cn1nnc(-c2ccccc2Cl)n1)NN=Cc1cc(I)cc(I)c1O. The van der Waals surface area contributed by atoms with Crippen LogP contribution in [0.2, 0.25) is 5.02 Å². The van der Waals surface area contributed by atoms with E-state index in [0.717, 1.165) is 8.37 Å². The Morgan fingerprint density at radius 2 is 2.11 bits per heavy atom. The zero-order valence-corrected chi connectivity index (χ0v) is 18.5. The summed E-state index contributed by atoms with van der Waals surface area (Å²) in [4.78, 5) is 13.1. The fraction of sp³-hybridized carbons (Fsp3) is 0.0625. The minimum absolute atomic E-state index is 0.108. The molecular formula is C16H11ClI2N6O2. The standard InChI is InChI=1S/C16H11ClI2N6O2/c17-12-4-2-1-3-11(12)16-22-24-25(23-16)8-14(26)21-20-7-9-5-10(18)6-13(19)15(9)27/h1-7,27H,8H2,(H,21,26). The highest BCUT2D eigenvalue weighted by molar-refractivity contribution is 14.1. The lowest BCUT2D eigenvalue weighted by Crippen LogP contribution is -2.24. The number of carbonyl (C=O) groups excluding carboxylic acids is 1. The van der Waals surface area contributed by atoms with Gasteiger partial charge in [-0.2, -0.15) is 9.90 Å². The third-order valence-corrected chi connectivity index (χ3v) is 5.08. The molecule has 0 unspecified atom stereocenters. The lowest BCUT2D eigenvalue weighted by atomic mass is 10.2. The lowest BCUT2D eigenvalue weighted by Gasteiger charge is -2.03. The Bertz CT molecular complexity index is 1020. The Labute approximate surface area is 186 Å². The fourth-order valence-corrected chi connectivity index (χ4v) is 4.19. The molecule has 1 heterocycles. The second kappa shape index (κ2) is 8.93. The number of phenolic OH excluding ortho intramolecular Hbond substituents is 1. The molecule has 0 radical (unpaired) electrons. The van der Waals surface area contributed by atoms with Crippen molar-refractivity contribution in [1.29, 1.82) is 0 Å². The first-order valence-electron chi connectivity index (χ1n) is 7.46. The van der Waals surface area contributed by atoms with Gasteiger partial charge in [-0.05, 0) is 74.7 Å². The molecule has 1 aromatic heterocycles. The summed E-state index contributed by atoms with van der Waals surface area (Å²) in [5, 5.41) is 26.2. The fourth-order valence-electron chi connectivity index (χ4n) is 2.08. The molecule has 138 valence electrons. The third-order valence-electron chi connectivity index (χ3n) is 3.30. The van der Waals surface area contributed by atoms with Crippen LogP contribution in [-0.2, 0) is 11.3 Å². The van der Waals surface area contributed by atoms with Gasteiger partial charge >= 0.3 is 0 Å². The highest BCUT2D eigenvalue weighted by Crippen LogP contribution is 2.25. The number of benzene rings is 2. The van der Waals surface area contributed by atoms with Crippen molar-refractivity contribution in [2.45, 2.75) is 6.54 Å². The maximum Gasteiger partial charge on any atom is 0.263 e. The quantitative estimate of drug-likeness (QED) is 0.263. The van der Waals surface area contributed by atoms with E-state index in [-0.39, 0.29) is 12.3 Å². The molecule has 27 heavy (non-hydrogen) atoms. The van der Waals surface area contributed by atoms with Gasteiger partial charge in [0.05, 0.1) is 14.8 Å². The number of rotatable bonds is 5. The van der Waals surface area contributed by atoms with Gasteiger partial charge in [0.25, 0.3) is 5.91 Å². The summed E-state index contributed by atoms with van der Waals surface area (Å²) in [6, 6.07) is 10.7. The number of hydrogen-bond donors (Lipinski definition) is 2. The molecule has 3 aromatic rings. The van der Waals surface area contributed by atoms with Gasteiger partial charge in [0, 0.05) is 14.7 Å². The van der Waals surface area contributed by atoms with Crippen molar-refractivity contribution < 1.29 is 9.90 Å². The predicted octanol–water partition coefficient (Wildman–Crippen LogP) is 3.06. The molecule has 0 saturated heterocycles. The Hall–Kier alpha value is -1.80. The van der Waals surface area contributed by atoms with Gasteiger partial charge in [-0.15, -0.1) is 10.2 Å². The van der Waals surface area contributed by atoms with Crippen LogP contribution in [0.4, 0.5) is 0 Å². The molecule has 3 rings (SSSR count). The monoisotopic (exact) mass is 608 g/mol. The van der Waals surface area contributed by atoms with Crippen LogP contribution in [0.25, 0.3) is 11.4 Å². The van der Waals surface area contributed by atoms with Gasteiger partial charge in [-0.3, -0.25) is 4.79 Å². The predicted molar refractivity (Wildman–Crippen MR) is 118 cm³/mol. The van der Waals surface area contributed by atoms with E-state index in [1.54, 1.807) is 24.3 Å². The summed E-state index contributed by atoms with van der Waals surface area (Å²) in [7, 11) is 0. The summed E-state index contributed by atoms with van der Waals surface area (Å²) in [6.45, 7) is -0.162. The lowest BCUT2D eigenvalue weighted by molar-refractivity contribution is -0.122. The normalized spacial score (nSPS) is 11.1. The van der Waals surface area contributed by atoms with Crippen molar-refractivity contribution in [2.24, 2.45) is 5.10 Å². The summed E-state index contributed by atoms with van der Waals surface area (Å²) >= 11 is 10.3. The number of aromatic nitrogens is 4. The molecule has 2 N–H and O–H groups in total. The zero-order valence-electron chi connectivity index (χ0n) is 13.5. The molecule has 8 nitrogen and oxygen atoms in total. The topological polar surface area (TPSA) is 105 Å². The van der Waals surface area contributed by atoms with E-state index in [0.29, 0.717) is 25.5 Å². The largest absolute Gasteiger partial charge is 0.506 e. The average Bonchev–Trinajstić information content (AvgIpc) is 3.07. The first-order valence-corrected chi connectivity index (χ1v) is 10.00. The first-order chi connectivity index (χ1) is 12.9. The number of carbonyl (C=O) groups is 1. The number of aromatic hydroxyl groups is 1. The zero-order chi connectivity index (χ0) is 19.4. The summed E-state index contributed by atoms with van der Waals surface area (Å²) < 4.78 is 1.65. The molecule has 0 aliphatic carbocycles. The number of phenols is 1. The Balaban J connectivity index is 1.63. The van der Waals surface area contributed by atoms with E-state index < -0.39 is 5.91 Å². The summed E-state index contributed by atoms with van der Waals surface area (Å²) in [5.74, 6) is 0.000715. The molecule has 2 aromatic carbocycles. The number of hydrazone groups is 1. The van der Waals surface area contributed by atoms with Crippen LogP contribution in [-0.4, -0.2) is 37.4 Å². The van der Waals surface area contributed by atoms with Crippen molar-refractivity contribution in [2.75, 3.05) is 0 Å². The van der Waals surface area contributed by atoms with E-state index in [9.17, 15) is 9.90 Å². The molecular weight excluding hydrogens is 597 g/mol. The highest BCUT2D eigenvalue weighted by Gasteiger charge is 2.11. The third kappa shape index (κ3) is 5.13. The van der Waals surface area contributed by atoms with Crippen molar-refractivity contribution in [3.8, 4) is 17.1 Å². The van der Waals surface area contributed by atoms with Crippen molar-refractivity contribution in [1.82, 2.24) is 25.6 Å². The number of nitrogens with zero attached hydrogens (tertiary/aromatic N) is 5. The second-order valence-corrected chi connectivity index (χ2v) is 8.06. The van der Waals surface area contributed by atoms with Crippen molar-refractivity contribution in [3.63, 3.8) is 0 Å². The Morgan fingerprint density at radius 1 is 1.33 bits per heavy atom. The van der Waals surface area contributed by atoms with E-state index in [1.165, 1.54) is 6.21 Å². The van der Waals surface area contributed by atoms with Gasteiger partial charge in [-0.1, -0.05) is 23.7 Å². The highest BCUT2D eigenvalue weighted by atomic mass is 127. The maximum absolute atomic E-state index is 12.0. The summed E-state index contributed by atoms with van der Waals surface area (Å²) in [5.41, 5.74) is 3.50. The van der Waals surface area contributed by atoms with Gasteiger partial charge in [0.15, 0.2) is 0 Å². The molecule has 11 heteroatoms. The number of hydrogen-bond acceptors (Lipinski definition) is 6. The van der Waals surface area contributed by atoms with Crippen LogP contribution < -0.4 is 5.43 Å². The molecule has 0 aliphatic rings. The number of halogens is 3. The smallest absolute Gasteiger partial charge is 0.263 e. The molecule has 0 saturated carbocycles. The van der Waals surface area contributed by atoms with Crippen LogP contribution >= 0.6 is 56.8 Å². The molecule has 1 amide bonds. The van der Waals surface area contributed by atoms with E-state index in [2.05, 4.69) is 48.5 Å². The average molecular weight is 609 g/mol. The maximum atomic E-state index is 12.0. The first kappa shape index (κ1) is 19.9. The van der Waals surface area contributed by atoms with Crippen molar-refractivity contribution >= 4 is 68.9 Å². The second-order valence-electron chi connectivity index (χ2n) is 5.24. The Kier molecular flexibility index (Phi) is 6.59. The van der Waals surface area contributed by atoms with E-state index >= 15 is 0 Å². The van der Waals surface area contributed by atoms with Crippen LogP contribution in [0, 0.1) is 7.14 Å². The Morgan fingerprint density at radius 3 is 2.89 bits per heavy atom. The van der Waals surface area contributed by atoms with Gasteiger partial charge < -0.3 is 5.11 Å². The van der Waals surface area contributed by atoms with Gasteiger partial charge in [0.1, 0.15) is 12.3 Å². The van der Waals surface area contributed by atoms with Gasteiger partial charge in [-0.25, -0.2) is 5.43 Å².